The van der Waals surface area contributed by atoms with E-state index < -0.39 is 41.1 Å². The number of fused-ring (bicyclic) bond motifs is 1. The first-order valence-electron chi connectivity index (χ1n) is 12.5. The number of carbonyl (C=O) groups excluding carboxylic acids is 3. The fourth-order valence-corrected chi connectivity index (χ4v) is 6.72. The highest BCUT2D eigenvalue weighted by Gasteiger charge is 2.77. The molecule has 196 valence electrons. The summed E-state index contributed by atoms with van der Waals surface area (Å²) in [5.41, 5.74) is -1.62. The fraction of sp³-hybridized carbons (Fsp3) is 0.731. The van der Waals surface area contributed by atoms with Crippen LogP contribution in [0.1, 0.15) is 52.9 Å². The summed E-state index contributed by atoms with van der Waals surface area (Å²) >= 11 is 3.67. The number of aliphatic hydroxyl groups excluding tert-OH is 1. The van der Waals surface area contributed by atoms with Crippen LogP contribution < -0.4 is 0 Å². The Balaban J connectivity index is 1.99. The topological polar surface area (TPSA) is 96.4 Å². The largest absolute Gasteiger partial charge is 0.465 e. The third-order valence-corrected chi connectivity index (χ3v) is 8.13. The van der Waals surface area contributed by atoms with Crippen LogP contribution in [0.25, 0.3) is 0 Å². The summed E-state index contributed by atoms with van der Waals surface area (Å²) in [7, 11) is 0. The van der Waals surface area contributed by atoms with Gasteiger partial charge in [0.05, 0.1) is 24.5 Å². The number of ether oxygens (including phenoxy) is 2. The van der Waals surface area contributed by atoms with Crippen molar-refractivity contribution in [2.45, 2.75) is 81.0 Å². The van der Waals surface area contributed by atoms with Crippen molar-refractivity contribution in [2.24, 2.45) is 11.8 Å². The van der Waals surface area contributed by atoms with Crippen molar-refractivity contribution in [3.63, 3.8) is 0 Å². The molecule has 0 aliphatic carbocycles. The molecule has 0 aromatic heterocycles. The van der Waals surface area contributed by atoms with Crippen LogP contribution >= 0.6 is 15.9 Å². The minimum absolute atomic E-state index is 0.00149. The van der Waals surface area contributed by atoms with E-state index in [0.717, 1.165) is 6.42 Å². The number of aliphatic hydroxyl groups is 1. The molecular weight excluding hydrogens is 516 g/mol. The first-order chi connectivity index (χ1) is 16.5. The van der Waals surface area contributed by atoms with Crippen molar-refractivity contribution in [1.29, 1.82) is 0 Å². The summed E-state index contributed by atoms with van der Waals surface area (Å²) < 4.78 is 12.0. The molecule has 3 saturated heterocycles. The molecular formula is C26H39BrN2O6. The van der Waals surface area contributed by atoms with Crippen molar-refractivity contribution >= 4 is 33.7 Å². The van der Waals surface area contributed by atoms with Gasteiger partial charge in [-0.2, -0.15) is 0 Å². The summed E-state index contributed by atoms with van der Waals surface area (Å²) in [5.74, 6) is -2.46. The second-order valence-electron chi connectivity index (χ2n) is 10.6. The van der Waals surface area contributed by atoms with Gasteiger partial charge in [0, 0.05) is 30.1 Å². The second kappa shape index (κ2) is 11.1. The fourth-order valence-electron chi connectivity index (χ4n) is 5.78. The van der Waals surface area contributed by atoms with Gasteiger partial charge >= 0.3 is 5.97 Å². The van der Waals surface area contributed by atoms with Gasteiger partial charge in [0.15, 0.2) is 0 Å². The number of halogens is 1. The molecule has 0 aromatic rings. The number of hydrogen-bond donors (Lipinski definition) is 1. The number of amides is 2. The number of hydrogen-bond acceptors (Lipinski definition) is 6. The number of nitrogens with zero attached hydrogens (tertiary/aromatic N) is 2. The van der Waals surface area contributed by atoms with Crippen LogP contribution in [0.15, 0.2) is 25.3 Å². The Morgan fingerprint density at radius 3 is 2.60 bits per heavy atom. The van der Waals surface area contributed by atoms with E-state index in [0.29, 0.717) is 38.8 Å². The Morgan fingerprint density at radius 2 is 2.00 bits per heavy atom. The molecule has 2 amide bonds. The lowest BCUT2D eigenvalue weighted by atomic mass is 9.70. The predicted molar refractivity (Wildman–Crippen MR) is 136 cm³/mol. The maximum Gasteiger partial charge on any atom is 0.312 e. The third-order valence-electron chi connectivity index (χ3n) is 7.29. The Bertz CT molecular complexity index is 842. The van der Waals surface area contributed by atoms with E-state index >= 15 is 0 Å². The van der Waals surface area contributed by atoms with E-state index in [1.807, 2.05) is 20.8 Å². The van der Waals surface area contributed by atoms with Crippen molar-refractivity contribution < 1.29 is 29.0 Å². The Kier molecular flexibility index (Phi) is 8.86. The van der Waals surface area contributed by atoms with Crippen molar-refractivity contribution in [1.82, 2.24) is 9.80 Å². The zero-order chi connectivity index (χ0) is 26.0. The summed E-state index contributed by atoms with van der Waals surface area (Å²) in [4.78, 5) is 44.3. The maximum absolute atomic E-state index is 14.1. The Hall–Kier alpha value is -1.71. The van der Waals surface area contributed by atoms with Gasteiger partial charge < -0.3 is 24.4 Å². The highest BCUT2D eigenvalue weighted by molar-refractivity contribution is 9.09. The number of rotatable bonds is 12. The van der Waals surface area contributed by atoms with Crippen LogP contribution in [0.5, 0.6) is 0 Å². The number of carbonyl (C=O) groups is 3. The standard InChI is InChI=1S/C26H39BrN2O6/c1-6-8-11-15-34-24(33)18-19-22(31)28(13-9-10-14-30)21(26(19)16-17(27)20(18)35-26)23(32)29(12-7-2)25(3,4)5/h6-7,17-21,30H,1-2,8-16H2,3-5H3/t17?,18-,19-,20-,21?,26?/m0/s1. The average Bonchev–Trinajstić information content (AvgIpc) is 3.37. The molecule has 3 fully saturated rings. The van der Waals surface area contributed by atoms with Gasteiger partial charge in [0.25, 0.3) is 0 Å². The number of alkyl halides is 1. The molecule has 0 aromatic carbocycles. The molecule has 3 heterocycles. The van der Waals surface area contributed by atoms with E-state index in [4.69, 9.17) is 9.47 Å². The minimum atomic E-state index is -1.11. The number of allylic oxidation sites excluding steroid dienone is 1. The molecule has 35 heavy (non-hydrogen) atoms. The van der Waals surface area contributed by atoms with Gasteiger partial charge in [0.2, 0.25) is 11.8 Å². The van der Waals surface area contributed by atoms with Crippen LogP contribution in [0, 0.1) is 11.8 Å². The lowest BCUT2D eigenvalue weighted by molar-refractivity contribution is -0.155. The van der Waals surface area contributed by atoms with Gasteiger partial charge in [-0.05, 0) is 52.9 Å². The molecule has 9 heteroatoms. The van der Waals surface area contributed by atoms with Gasteiger partial charge in [-0.1, -0.05) is 28.1 Å². The van der Waals surface area contributed by atoms with E-state index in [1.54, 1.807) is 22.0 Å². The lowest BCUT2D eigenvalue weighted by Crippen LogP contribution is -2.60. The van der Waals surface area contributed by atoms with E-state index in [-0.39, 0.29) is 29.9 Å². The number of esters is 1. The maximum atomic E-state index is 14.1. The Labute approximate surface area is 216 Å². The van der Waals surface area contributed by atoms with E-state index in [2.05, 4.69) is 29.1 Å². The number of likely N-dealkylation sites (tertiary alicyclic amines) is 1. The quantitative estimate of drug-likeness (QED) is 0.172. The van der Waals surface area contributed by atoms with Crippen LogP contribution in [-0.4, -0.2) is 87.1 Å². The monoisotopic (exact) mass is 554 g/mol. The zero-order valence-electron chi connectivity index (χ0n) is 21.1. The van der Waals surface area contributed by atoms with Crippen LogP contribution in [-0.2, 0) is 23.9 Å². The van der Waals surface area contributed by atoms with E-state index in [9.17, 15) is 19.5 Å². The van der Waals surface area contributed by atoms with Gasteiger partial charge in [0.1, 0.15) is 11.6 Å². The van der Waals surface area contributed by atoms with Crippen molar-refractivity contribution in [3.05, 3.63) is 25.3 Å². The van der Waals surface area contributed by atoms with Crippen molar-refractivity contribution in [2.75, 3.05) is 26.3 Å². The normalized spacial score (nSPS) is 31.4. The summed E-state index contributed by atoms with van der Waals surface area (Å²) in [5, 5.41) is 9.29. The van der Waals surface area contributed by atoms with Crippen molar-refractivity contribution in [3.8, 4) is 0 Å². The molecule has 3 unspecified atom stereocenters. The zero-order valence-corrected chi connectivity index (χ0v) is 22.7. The SMILES string of the molecule is C=CCCCOC(=O)[C@H]1[C@H]2C(=O)N(CCCCO)C(C(=O)N(CC=C)C(C)(C)C)C23CC(Br)[C@@H]1O3. The first-order valence-corrected chi connectivity index (χ1v) is 13.4. The third kappa shape index (κ3) is 5.09. The summed E-state index contributed by atoms with van der Waals surface area (Å²) in [6.07, 6.45) is 5.80. The second-order valence-corrected chi connectivity index (χ2v) is 11.8. The molecule has 1 spiro atoms. The molecule has 3 aliphatic heterocycles. The van der Waals surface area contributed by atoms with Crippen LogP contribution in [0.3, 0.4) is 0 Å². The van der Waals surface area contributed by atoms with Gasteiger partial charge in [-0.15, -0.1) is 13.2 Å². The van der Waals surface area contributed by atoms with Crippen LogP contribution in [0.4, 0.5) is 0 Å². The van der Waals surface area contributed by atoms with Crippen LogP contribution in [0.2, 0.25) is 0 Å². The molecule has 1 N–H and O–H groups in total. The molecule has 8 nitrogen and oxygen atoms in total. The smallest absolute Gasteiger partial charge is 0.312 e. The lowest BCUT2D eigenvalue weighted by Gasteiger charge is -2.42. The number of unbranched alkanes of at least 4 members (excludes halogenated alkanes) is 2. The average molecular weight is 556 g/mol. The molecule has 3 aliphatic rings. The molecule has 3 rings (SSSR count). The molecule has 6 atom stereocenters. The highest BCUT2D eigenvalue weighted by Crippen LogP contribution is 2.60. The molecule has 0 saturated carbocycles. The summed E-state index contributed by atoms with van der Waals surface area (Å²) in [6.45, 7) is 14.2. The molecule has 0 radical (unpaired) electrons. The minimum Gasteiger partial charge on any atom is -0.465 e. The van der Waals surface area contributed by atoms with Gasteiger partial charge in [-0.3, -0.25) is 14.4 Å². The predicted octanol–water partition coefficient (Wildman–Crippen LogP) is 2.83. The first kappa shape index (κ1) is 27.9. The Morgan fingerprint density at radius 1 is 1.29 bits per heavy atom. The summed E-state index contributed by atoms with van der Waals surface area (Å²) in [6, 6.07) is -0.860. The van der Waals surface area contributed by atoms with E-state index in [1.165, 1.54) is 0 Å². The van der Waals surface area contributed by atoms with Gasteiger partial charge in [-0.25, -0.2) is 0 Å². The highest BCUT2D eigenvalue weighted by atomic mass is 79.9. The molecule has 2 bridgehead atoms.